The number of carboxylic acids is 1. The summed E-state index contributed by atoms with van der Waals surface area (Å²) >= 11 is 0. The quantitative estimate of drug-likeness (QED) is 0.789. The van der Waals surface area contributed by atoms with Crippen LogP contribution >= 0.6 is 0 Å². The molecule has 0 bridgehead atoms. The second-order valence-electron chi connectivity index (χ2n) is 5.32. The lowest BCUT2D eigenvalue weighted by molar-refractivity contribution is -0.137. The van der Waals surface area contributed by atoms with Gasteiger partial charge in [0.1, 0.15) is 12.4 Å². The van der Waals surface area contributed by atoms with Gasteiger partial charge < -0.3 is 19.2 Å². The minimum atomic E-state index is -1.08. The topological polar surface area (TPSA) is 80.0 Å². The van der Waals surface area contributed by atoms with Crippen LogP contribution in [-0.4, -0.2) is 35.5 Å². The second-order valence-corrected chi connectivity index (χ2v) is 5.32. The monoisotopic (exact) mass is 353 g/mol. The van der Waals surface area contributed by atoms with Gasteiger partial charge in [-0.25, -0.2) is 8.78 Å². The van der Waals surface area contributed by atoms with Crippen molar-refractivity contribution in [2.75, 3.05) is 13.7 Å². The highest BCUT2D eigenvalue weighted by molar-refractivity contribution is 5.91. The van der Waals surface area contributed by atoms with Crippen molar-refractivity contribution < 1.29 is 32.6 Å². The van der Waals surface area contributed by atoms with Crippen LogP contribution in [0.1, 0.15) is 28.3 Å². The van der Waals surface area contributed by atoms with Gasteiger partial charge in [0.25, 0.3) is 5.91 Å². The summed E-state index contributed by atoms with van der Waals surface area (Å²) in [6.45, 7) is 0.00266. The number of nitrogens with zero attached hydrogens (tertiary/aromatic N) is 1. The molecule has 8 heteroatoms. The minimum Gasteiger partial charge on any atom is -0.481 e. The SMILES string of the molecule is COCc1ccc(C(=O)N(CCC(=O)O)Cc2ccc(F)c(F)c2)o1. The summed E-state index contributed by atoms with van der Waals surface area (Å²) < 4.78 is 36.6. The molecule has 2 aromatic rings. The summed E-state index contributed by atoms with van der Waals surface area (Å²) in [4.78, 5) is 24.6. The number of benzene rings is 1. The molecule has 0 radical (unpaired) electrons. The van der Waals surface area contributed by atoms with Gasteiger partial charge in [0.05, 0.1) is 6.42 Å². The van der Waals surface area contributed by atoms with Crippen LogP contribution < -0.4 is 0 Å². The molecule has 0 unspecified atom stereocenters. The summed E-state index contributed by atoms with van der Waals surface area (Å²) in [5.74, 6) is -3.21. The molecule has 0 saturated carbocycles. The standard InChI is InChI=1S/C17H17F2NO5/c1-24-10-12-3-5-15(25-12)17(23)20(7-6-16(21)22)9-11-2-4-13(18)14(19)8-11/h2-5,8H,6-7,9-10H2,1H3,(H,21,22). The normalized spacial score (nSPS) is 10.7. The number of carbonyl (C=O) groups excluding carboxylic acids is 1. The zero-order chi connectivity index (χ0) is 18.4. The van der Waals surface area contributed by atoms with Crippen molar-refractivity contribution in [3.63, 3.8) is 0 Å². The van der Waals surface area contributed by atoms with Crippen LogP contribution in [0.4, 0.5) is 8.78 Å². The second kappa shape index (κ2) is 8.39. The first-order valence-electron chi connectivity index (χ1n) is 7.43. The fraction of sp³-hybridized carbons (Fsp3) is 0.294. The van der Waals surface area contributed by atoms with Crippen molar-refractivity contribution in [2.45, 2.75) is 19.6 Å². The van der Waals surface area contributed by atoms with Gasteiger partial charge in [-0.3, -0.25) is 9.59 Å². The zero-order valence-electron chi connectivity index (χ0n) is 13.5. The molecular formula is C17H17F2NO5. The van der Waals surface area contributed by atoms with E-state index in [1.165, 1.54) is 24.1 Å². The van der Waals surface area contributed by atoms with Crippen molar-refractivity contribution in [2.24, 2.45) is 0 Å². The van der Waals surface area contributed by atoms with Gasteiger partial charge in [0.15, 0.2) is 17.4 Å². The molecule has 0 fully saturated rings. The summed E-state index contributed by atoms with van der Waals surface area (Å²) in [6.07, 6.45) is -0.291. The molecule has 0 atom stereocenters. The van der Waals surface area contributed by atoms with Gasteiger partial charge in [0, 0.05) is 20.2 Å². The maximum atomic E-state index is 13.4. The van der Waals surface area contributed by atoms with Crippen LogP contribution in [0, 0.1) is 11.6 Å². The molecule has 1 N–H and O–H groups in total. The fourth-order valence-corrected chi connectivity index (χ4v) is 2.21. The van der Waals surface area contributed by atoms with Crippen LogP contribution in [0.2, 0.25) is 0 Å². The number of ether oxygens (including phenoxy) is 1. The average Bonchev–Trinajstić information content (AvgIpc) is 3.03. The maximum Gasteiger partial charge on any atom is 0.305 e. The van der Waals surface area contributed by atoms with E-state index in [0.717, 1.165) is 12.1 Å². The molecule has 0 saturated heterocycles. The predicted molar refractivity (Wildman–Crippen MR) is 82.8 cm³/mol. The van der Waals surface area contributed by atoms with Crippen molar-refractivity contribution in [3.05, 3.63) is 59.1 Å². The molecule has 0 aliphatic carbocycles. The molecule has 0 aliphatic rings. The number of halogens is 2. The summed E-state index contributed by atoms with van der Waals surface area (Å²) in [5, 5.41) is 8.85. The number of furan rings is 1. The first-order valence-corrected chi connectivity index (χ1v) is 7.43. The molecule has 1 amide bonds. The summed E-state index contributed by atoms with van der Waals surface area (Å²) in [7, 11) is 1.48. The van der Waals surface area contributed by atoms with E-state index >= 15 is 0 Å². The van der Waals surface area contributed by atoms with E-state index < -0.39 is 23.5 Å². The lowest BCUT2D eigenvalue weighted by Gasteiger charge is -2.21. The Morgan fingerprint density at radius 3 is 2.60 bits per heavy atom. The number of carboxylic acid groups (broad SMARTS) is 1. The third-order valence-electron chi connectivity index (χ3n) is 3.40. The average molecular weight is 353 g/mol. The number of rotatable bonds is 8. The van der Waals surface area contributed by atoms with E-state index in [9.17, 15) is 18.4 Å². The van der Waals surface area contributed by atoms with Gasteiger partial charge in [-0.05, 0) is 29.8 Å². The number of methoxy groups -OCH3 is 1. The Bertz CT molecular complexity index is 759. The van der Waals surface area contributed by atoms with Gasteiger partial charge in [-0.1, -0.05) is 6.07 Å². The van der Waals surface area contributed by atoms with E-state index in [2.05, 4.69) is 0 Å². The molecule has 1 aromatic heterocycles. The third-order valence-corrected chi connectivity index (χ3v) is 3.40. The molecule has 1 aromatic carbocycles. The number of aliphatic carboxylic acids is 1. The molecule has 25 heavy (non-hydrogen) atoms. The number of hydrogen-bond donors (Lipinski definition) is 1. The molecule has 134 valence electrons. The van der Waals surface area contributed by atoms with Crippen LogP contribution in [-0.2, 0) is 22.7 Å². The molecule has 2 rings (SSSR count). The van der Waals surface area contributed by atoms with Crippen LogP contribution in [0.3, 0.4) is 0 Å². The van der Waals surface area contributed by atoms with Crippen LogP contribution in [0.15, 0.2) is 34.7 Å². The Hall–Kier alpha value is -2.74. The van der Waals surface area contributed by atoms with Crippen molar-refractivity contribution in [3.8, 4) is 0 Å². The minimum absolute atomic E-state index is 0.0139. The number of carbonyl (C=O) groups is 2. The molecule has 0 spiro atoms. The lowest BCUT2D eigenvalue weighted by Crippen LogP contribution is -2.32. The maximum absolute atomic E-state index is 13.4. The highest BCUT2D eigenvalue weighted by atomic mass is 19.2. The highest BCUT2D eigenvalue weighted by Crippen LogP contribution is 2.16. The smallest absolute Gasteiger partial charge is 0.305 e. The van der Waals surface area contributed by atoms with Gasteiger partial charge >= 0.3 is 5.97 Å². The Morgan fingerprint density at radius 1 is 1.20 bits per heavy atom. The molecule has 6 nitrogen and oxygen atoms in total. The van der Waals surface area contributed by atoms with Crippen LogP contribution in [0.5, 0.6) is 0 Å². The summed E-state index contributed by atoms with van der Waals surface area (Å²) in [6, 6.07) is 6.28. The Morgan fingerprint density at radius 2 is 1.96 bits per heavy atom. The van der Waals surface area contributed by atoms with E-state index in [1.807, 2.05) is 0 Å². The van der Waals surface area contributed by atoms with Crippen LogP contribution in [0.25, 0.3) is 0 Å². The largest absolute Gasteiger partial charge is 0.481 e. The van der Waals surface area contributed by atoms with E-state index in [0.29, 0.717) is 11.3 Å². The lowest BCUT2D eigenvalue weighted by atomic mass is 10.2. The molecular weight excluding hydrogens is 336 g/mol. The van der Waals surface area contributed by atoms with Crippen molar-refractivity contribution in [1.82, 2.24) is 4.90 Å². The Labute approximate surface area is 142 Å². The zero-order valence-corrected chi connectivity index (χ0v) is 13.5. The Balaban J connectivity index is 2.19. The Kier molecular flexibility index (Phi) is 6.24. The number of amides is 1. The van der Waals surface area contributed by atoms with E-state index in [1.54, 1.807) is 6.07 Å². The fourth-order valence-electron chi connectivity index (χ4n) is 2.21. The van der Waals surface area contributed by atoms with Gasteiger partial charge in [-0.15, -0.1) is 0 Å². The summed E-state index contributed by atoms with van der Waals surface area (Å²) in [5.41, 5.74) is 0.335. The molecule has 1 heterocycles. The highest BCUT2D eigenvalue weighted by Gasteiger charge is 2.21. The number of hydrogen-bond acceptors (Lipinski definition) is 4. The van der Waals surface area contributed by atoms with Gasteiger partial charge in [0.2, 0.25) is 0 Å². The first kappa shape index (κ1) is 18.6. The van der Waals surface area contributed by atoms with E-state index in [4.69, 9.17) is 14.3 Å². The first-order chi connectivity index (χ1) is 11.9. The predicted octanol–water partition coefficient (Wildman–Crippen LogP) is 2.82. The van der Waals surface area contributed by atoms with Crippen molar-refractivity contribution >= 4 is 11.9 Å². The van der Waals surface area contributed by atoms with E-state index in [-0.39, 0.29) is 31.9 Å². The van der Waals surface area contributed by atoms with Crippen molar-refractivity contribution in [1.29, 1.82) is 0 Å². The van der Waals surface area contributed by atoms with Gasteiger partial charge in [-0.2, -0.15) is 0 Å². The third kappa shape index (κ3) is 5.12. The molecule has 0 aliphatic heterocycles.